The van der Waals surface area contributed by atoms with Gasteiger partial charge in [0.05, 0.1) is 23.7 Å². The van der Waals surface area contributed by atoms with Gasteiger partial charge in [-0.05, 0) is 55.7 Å². The van der Waals surface area contributed by atoms with Gasteiger partial charge in [0, 0.05) is 49.1 Å². The molecule has 0 bridgehead atoms. The summed E-state index contributed by atoms with van der Waals surface area (Å²) in [6, 6.07) is 15.0. The molecular weight excluding hydrogens is 442 g/mol. The molecule has 2 fully saturated rings. The molecule has 0 saturated carbocycles. The van der Waals surface area contributed by atoms with Gasteiger partial charge in [0.25, 0.3) is 5.91 Å². The first-order valence-corrected chi connectivity index (χ1v) is 11.9. The molecule has 35 heavy (non-hydrogen) atoms. The van der Waals surface area contributed by atoms with E-state index in [0.717, 1.165) is 43.4 Å². The van der Waals surface area contributed by atoms with Crippen LogP contribution in [0.4, 0.5) is 11.5 Å². The number of fused-ring (bicyclic) bond motifs is 1. The van der Waals surface area contributed by atoms with Crippen molar-refractivity contribution < 1.29 is 9.59 Å². The van der Waals surface area contributed by atoms with Crippen LogP contribution in [-0.2, 0) is 4.79 Å². The molecule has 3 aromatic rings. The van der Waals surface area contributed by atoms with E-state index >= 15 is 0 Å². The van der Waals surface area contributed by atoms with Gasteiger partial charge in [0.2, 0.25) is 5.91 Å². The Kier molecular flexibility index (Phi) is 6.55. The van der Waals surface area contributed by atoms with E-state index in [2.05, 4.69) is 31.6 Å². The Bertz CT molecular complexity index is 1270. The highest BCUT2D eigenvalue weighted by Crippen LogP contribution is 2.28. The maximum absolute atomic E-state index is 12.9. The van der Waals surface area contributed by atoms with Crippen LogP contribution in [0.3, 0.4) is 0 Å². The number of likely N-dealkylation sites (tertiary alicyclic amines) is 2. The van der Waals surface area contributed by atoms with Crippen molar-refractivity contribution in [3.8, 4) is 6.07 Å². The second-order valence-electron chi connectivity index (χ2n) is 8.97. The number of hydrogen-bond donors (Lipinski definition) is 2. The molecule has 9 nitrogen and oxygen atoms in total. The molecule has 178 valence electrons. The van der Waals surface area contributed by atoms with Gasteiger partial charge in [-0.2, -0.15) is 5.26 Å². The van der Waals surface area contributed by atoms with Crippen LogP contribution in [0, 0.1) is 11.3 Å². The number of nitrogens with one attached hydrogen (secondary N) is 2. The maximum atomic E-state index is 12.9. The molecule has 2 atom stereocenters. The normalized spacial score (nSPS) is 20.0. The standard InChI is InChI=1S/C26H27N7O2/c27-15-19-5-4-13-33(19)24(34)17-32-14-10-18(16-32)30-22-9-8-21(25-20(22)6-3-12-29-25)26(35)31-23-7-1-2-11-28-23/h1-3,6-9,11-12,18-19,30H,4-5,10,13-14,16-17H2,(H,28,31,35)/t18-,19?/m0/s1. The summed E-state index contributed by atoms with van der Waals surface area (Å²) in [5, 5.41) is 16.5. The SMILES string of the molecule is N#CC1CCCN1C(=O)CN1CC[C@H](Nc2ccc(C(=O)Nc3ccccn3)c3ncccc23)C1. The van der Waals surface area contributed by atoms with Crippen LogP contribution in [0.2, 0.25) is 0 Å². The molecule has 2 N–H and O–H groups in total. The first-order chi connectivity index (χ1) is 17.1. The Hall–Kier alpha value is -4.03. The van der Waals surface area contributed by atoms with E-state index in [1.54, 1.807) is 35.5 Å². The predicted octanol–water partition coefficient (Wildman–Crippen LogP) is 2.88. The third-order valence-electron chi connectivity index (χ3n) is 6.63. The summed E-state index contributed by atoms with van der Waals surface area (Å²) in [6.45, 7) is 2.56. The number of carbonyl (C=O) groups is 2. The van der Waals surface area contributed by atoms with E-state index < -0.39 is 0 Å². The summed E-state index contributed by atoms with van der Waals surface area (Å²) < 4.78 is 0. The molecule has 0 radical (unpaired) electrons. The highest BCUT2D eigenvalue weighted by atomic mass is 16.2. The zero-order chi connectivity index (χ0) is 24.2. The Morgan fingerprint density at radius 1 is 1.06 bits per heavy atom. The summed E-state index contributed by atoms with van der Waals surface area (Å²) in [7, 11) is 0. The fourth-order valence-electron chi connectivity index (χ4n) is 4.90. The number of anilines is 2. The van der Waals surface area contributed by atoms with Gasteiger partial charge in [-0.25, -0.2) is 4.98 Å². The van der Waals surface area contributed by atoms with Gasteiger partial charge in [-0.3, -0.25) is 19.5 Å². The van der Waals surface area contributed by atoms with E-state index in [9.17, 15) is 14.9 Å². The minimum absolute atomic E-state index is 0.0348. The Labute approximate surface area is 203 Å². The second-order valence-corrected chi connectivity index (χ2v) is 8.97. The highest BCUT2D eigenvalue weighted by molar-refractivity contribution is 6.13. The van der Waals surface area contributed by atoms with Crippen molar-refractivity contribution in [2.24, 2.45) is 0 Å². The molecule has 2 aliphatic heterocycles. The average Bonchev–Trinajstić information content (AvgIpc) is 3.54. The summed E-state index contributed by atoms with van der Waals surface area (Å²) in [5.74, 6) is 0.258. The van der Waals surface area contributed by atoms with Gasteiger partial charge in [-0.15, -0.1) is 0 Å². The van der Waals surface area contributed by atoms with Gasteiger partial charge < -0.3 is 15.5 Å². The number of amides is 2. The number of carbonyl (C=O) groups excluding carboxylic acids is 2. The zero-order valence-electron chi connectivity index (χ0n) is 19.4. The number of rotatable bonds is 6. The Balaban J connectivity index is 1.26. The van der Waals surface area contributed by atoms with Crippen molar-refractivity contribution in [2.75, 3.05) is 36.8 Å². The minimum atomic E-state index is -0.286. The summed E-state index contributed by atoms with van der Waals surface area (Å²) in [5.41, 5.74) is 2.00. The molecule has 1 aromatic carbocycles. The molecule has 4 heterocycles. The number of aromatic nitrogens is 2. The summed E-state index contributed by atoms with van der Waals surface area (Å²) in [4.78, 5) is 38.1. The smallest absolute Gasteiger partial charge is 0.259 e. The fourth-order valence-corrected chi connectivity index (χ4v) is 4.90. The van der Waals surface area contributed by atoms with Gasteiger partial charge in [0.1, 0.15) is 11.9 Å². The van der Waals surface area contributed by atoms with Gasteiger partial charge in [0.15, 0.2) is 0 Å². The lowest BCUT2D eigenvalue weighted by Gasteiger charge is -2.23. The van der Waals surface area contributed by atoms with Crippen LogP contribution in [-0.4, -0.2) is 69.8 Å². The molecule has 2 aliphatic rings. The largest absolute Gasteiger partial charge is 0.380 e. The van der Waals surface area contributed by atoms with Crippen LogP contribution < -0.4 is 10.6 Å². The lowest BCUT2D eigenvalue weighted by molar-refractivity contribution is -0.132. The topological polar surface area (TPSA) is 114 Å². The lowest BCUT2D eigenvalue weighted by atomic mass is 10.1. The molecule has 9 heteroatoms. The summed E-state index contributed by atoms with van der Waals surface area (Å²) >= 11 is 0. The van der Waals surface area contributed by atoms with Crippen LogP contribution in [0.25, 0.3) is 10.9 Å². The maximum Gasteiger partial charge on any atom is 0.259 e. The lowest BCUT2D eigenvalue weighted by Crippen LogP contribution is -2.42. The first-order valence-electron chi connectivity index (χ1n) is 11.9. The van der Waals surface area contributed by atoms with E-state index in [-0.39, 0.29) is 23.9 Å². The van der Waals surface area contributed by atoms with Crippen molar-refractivity contribution in [3.05, 3.63) is 60.4 Å². The summed E-state index contributed by atoms with van der Waals surface area (Å²) in [6.07, 6.45) is 5.87. The van der Waals surface area contributed by atoms with Crippen LogP contribution in [0.15, 0.2) is 54.9 Å². The first kappa shape index (κ1) is 22.7. The molecule has 1 unspecified atom stereocenters. The van der Waals surface area contributed by atoms with E-state index in [4.69, 9.17) is 0 Å². The van der Waals surface area contributed by atoms with Crippen LogP contribution in [0.5, 0.6) is 0 Å². The van der Waals surface area contributed by atoms with Crippen molar-refractivity contribution in [1.82, 2.24) is 19.8 Å². The van der Waals surface area contributed by atoms with E-state index in [1.165, 1.54) is 0 Å². The number of nitriles is 1. The average molecular weight is 470 g/mol. The van der Waals surface area contributed by atoms with Crippen LogP contribution >= 0.6 is 0 Å². The molecular formula is C26H27N7O2. The zero-order valence-corrected chi connectivity index (χ0v) is 19.4. The van der Waals surface area contributed by atoms with Crippen molar-refractivity contribution in [1.29, 1.82) is 5.26 Å². The number of hydrogen-bond acceptors (Lipinski definition) is 7. The van der Waals surface area contributed by atoms with Crippen molar-refractivity contribution >= 4 is 34.2 Å². The predicted molar refractivity (Wildman–Crippen MR) is 133 cm³/mol. The molecule has 2 amide bonds. The third kappa shape index (κ3) is 4.93. The number of pyridine rings is 2. The molecule has 5 rings (SSSR count). The van der Waals surface area contributed by atoms with Gasteiger partial charge in [-0.1, -0.05) is 6.07 Å². The molecule has 2 saturated heterocycles. The molecule has 0 aliphatic carbocycles. The molecule has 0 spiro atoms. The van der Waals surface area contributed by atoms with Crippen molar-refractivity contribution in [3.63, 3.8) is 0 Å². The quantitative estimate of drug-likeness (QED) is 0.571. The molecule has 2 aromatic heterocycles. The van der Waals surface area contributed by atoms with Gasteiger partial charge >= 0.3 is 0 Å². The number of benzene rings is 1. The minimum Gasteiger partial charge on any atom is -0.380 e. The van der Waals surface area contributed by atoms with E-state index in [0.29, 0.717) is 30.0 Å². The third-order valence-corrected chi connectivity index (χ3v) is 6.63. The van der Waals surface area contributed by atoms with E-state index in [1.807, 2.05) is 24.3 Å². The highest BCUT2D eigenvalue weighted by Gasteiger charge is 2.31. The Morgan fingerprint density at radius 3 is 2.77 bits per heavy atom. The monoisotopic (exact) mass is 469 g/mol. The van der Waals surface area contributed by atoms with Crippen LogP contribution in [0.1, 0.15) is 29.6 Å². The Morgan fingerprint density at radius 2 is 1.94 bits per heavy atom. The second kappa shape index (κ2) is 10.1. The number of nitrogens with zero attached hydrogens (tertiary/aromatic N) is 5. The van der Waals surface area contributed by atoms with Crippen molar-refractivity contribution in [2.45, 2.75) is 31.3 Å². The fraction of sp³-hybridized carbons (Fsp3) is 0.346.